The molecule has 0 heterocycles. The first kappa shape index (κ1) is 17.0. The van der Waals surface area contributed by atoms with Gasteiger partial charge in [-0.05, 0) is 18.6 Å². The molecule has 1 N–H and O–H groups in total. The van der Waals surface area contributed by atoms with Gasteiger partial charge < -0.3 is 10.0 Å². The predicted molar refractivity (Wildman–Crippen MR) is 78.3 cm³/mol. The SMILES string of the molecule is CCC(C(=O)O)N(C)C(=O)CSc1ccc([N+](=O)[O-])cc1. The molecule has 0 bridgehead atoms. The molecule has 1 atom stereocenters. The molecule has 0 saturated heterocycles. The Morgan fingerprint density at radius 2 is 1.95 bits per heavy atom. The fraction of sp³-hybridized carbons (Fsp3) is 0.385. The maximum absolute atomic E-state index is 11.9. The van der Waals surface area contributed by atoms with Gasteiger partial charge in [0, 0.05) is 24.1 Å². The van der Waals surface area contributed by atoms with Crippen LogP contribution in [0.2, 0.25) is 0 Å². The molecule has 0 saturated carbocycles. The van der Waals surface area contributed by atoms with Gasteiger partial charge in [0.05, 0.1) is 10.7 Å². The highest BCUT2D eigenvalue weighted by molar-refractivity contribution is 8.00. The number of carboxylic acid groups (broad SMARTS) is 1. The van der Waals surface area contributed by atoms with Crippen LogP contribution in [0.25, 0.3) is 0 Å². The van der Waals surface area contributed by atoms with Crippen molar-refractivity contribution in [2.75, 3.05) is 12.8 Å². The Balaban J connectivity index is 2.60. The number of hydrogen-bond acceptors (Lipinski definition) is 5. The van der Waals surface area contributed by atoms with Gasteiger partial charge in [0.1, 0.15) is 6.04 Å². The number of thioether (sulfide) groups is 1. The van der Waals surface area contributed by atoms with E-state index >= 15 is 0 Å². The zero-order valence-electron chi connectivity index (χ0n) is 11.7. The number of likely N-dealkylation sites (N-methyl/N-ethyl adjacent to an activating group) is 1. The van der Waals surface area contributed by atoms with Crippen molar-refractivity contribution in [1.82, 2.24) is 4.90 Å². The fourth-order valence-corrected chi connectivity index (χ4v) is 2.52. The lowest BCUT2D eigenvalue weighted by atomic mass is 10.2. The van der Waals surface area contributed by atoms with E-state index in [4.69, 9.17) is 5.11 Å². The molecule has 0 fully saturated rings. The molecule has 114 valence electrons. The summed E-state index contributed by atoms with van der Waals surface area (Å²) in [5, 5.41) is 19.5. The Morgan fingerprint density at radius 1 is 1.38 bits per heavy atom. The van der Waals surface area contributed by atoms with Crippen LogP contribution in [-0.2, 0) is 9.59 Å². The van der Waals surface area contributed by atoms with Gasteiger partial charge in [-0.1, -0.05) is 6.92 Å². The minimum absolute atomic E-state index is 0.0141. The summed E-state index contributed by atoms with van der Waals surface area (Å²) in [5.74, 6) is -1.25. The number of rotatable bonds is 7. The average Bonchev–Trinajstić information content (AvgIpc) is 2.45. The van der Waals surface area contributed by atoms with Crippen LogP contribution in [0.1, 0.15) is 13.3 Å². The molecule has 0 spiro atoms. The molecule has 21 heavy (non-hydrogen) atoms. The van der Waals surface area contributed by atoms with Crippen molar-refractivity contribution in [1.29, 1.82) is 0 Å². The first-order valence-corrected chi connectivity index (χ1v) is 7.21. The van der Waals surface area contributed by atoms with E-state index in [2.05, 4.69) is 0 Å². The number of nitro groups is 1. The molecule has 1 amide bonds. The number of carbonyl (C=O) groups is 2. The molecule has 1 unspecified atom stereocenters. The summed E-state index contributed by atoms with van der Waals surface area (Å²) >= 11 is 1.21. The number of nitro benzene ring substituents is 1. The Hall–Kier alpha value is -2.09. The third kappa shape index (κ3) is 4.75. The van der Waals surface area contributed by atoms with Crippen LogP contribution in [0.5, 0.6) is 0 Å². The molecule has 0 aliphatic carbocycles. The Bertz CT molecular complexity index is 532. The minimum atomic E-state index is -1.03. The highest BCUT2D eigenvalue weighted by atomic mass is 32.2. The van der Waals surface area contributed by atoms with Crippen molar-refractivity contribution in [3.05, 3.63) is 34.4 Å². The third-order valence-electron chi connectivity index (χ3n) is 2.94. The van der Waals surface area contributed by atoms with E-state index in [9.17, 15) is 19.7 Å². The number of nitrogens with zero attached hydrogens (tertiary/aromatic N) is 2. The average molecular weight is 312 g/mol. The summed E-state index contributed by atoms with van der Waals surface area (Å²) in [6.07, 6.45) is 0.333. The van der Waals surface area contributed by atoms with Crippen molar-refractivity contribution >= 4 is 29.3 Å². The van der Waals surface area contributed by atoms with E-state index < -0.39 is 16.9 Å². The third-order valence-corrected chi connectivity index (χ3v) is 3.94. The molecular weight excluding hydrogens is 296 g/mol. The predicted octanol–water partition coefficient (Wildman–Crippen LogP) is 2.01. The van der Waals surface area contributed by atoms with Crippen molar-refractivity contribution in [2.45, 2.75) is 24.3 Å². The number of benzene rings is 1. The largest absolute Gasteiger partial charge is 0.480 e. The van der Waals surface area contributed by atoms with Crippen molar-refractivity contribution in [2.24, 2.45) is 0 Å². The summed E-state index contributed by atoms with van der Waals surface area (Å²) < 4.78 is 0. The van der Waals surface area contributed by atoms with Crippen molar-refractivity contribution in [3.8, 4) is 0 Å². The number of hydrogen-bond donors (Lipinski definition) is 1. The van der Waals surface area contributed by atoms with Gasteiger partial charge >= 0.3 is 5.97 Å². The zero-order valence-corrected chi connectivity index (χ0v) is 12.5. The second kappa shape index (κ2) is 7.63. The quantitative estimate of drug-likeness (QED) is 0.469. The highest BCUT2D eigenvalue weighted by Gasteiger charge is 2.24. The molecule has 7 nitrogen and oxygen atoms in total. The summed E-state index contributed by atoms with van der Waals surface area (Å²) in [4.78, 5) is 34.9. The van der Waals surface area contributed by atoms with E-state index in [1.54, 1.807) is 19.1 Å². The van der Waals surface area contributed by atoms with Gasteiger partial charge in [0.15, 0.2) is 0 Å². The standard InChI is InChI=1S/C13H16N2O5S/c1-3-11(13(17)18)14(2)12(16)8-21-10-6-4-9(5-7-10)15(19)20/h4-7,11H,3,8H2,1-2H3,(H,17,18). The lowest BCUT2D eigenvalue weighted by Crippen LogP contribution is -2.42. The highest BCUT2D eigenvalue weighted by Crippen LogP contribution is 2.21. The summed E-state index contributed by atoms with van der Waals surface area (Å²) in [6, 6.07) is 5.01. The molecule has 1 aromatic rings. The molecule has 1 aromatic carbocycles. The summed E-state index contributed by atoms with van der Waals surface area (Å²) in [6.45, 7) is 1.70. The van der Waals surface area contributed by atoms with E-state index in [0.717, 1.165) is 0 Å². The zero-order chi connectivity index (χ0) is 16.0. The summed E-state index contributed by atoms with van der Waals surface area (Å²) in [5.41, 5.74) is -0.0141. The normalized spacial score (nSPS) is 11.7. The van der Waals surface area contributed by atoms with Crippen molar-refractivity contribution < 1.29 is 19.6 Å². The molecule has 0 radical (unpaired) electrons. The van der Waals surface area contributed by atoms with Crippen LogP contribution in [0.3, 0.4) is 0 Å². The monoisotopic (exact) mass is 312 g/mol. The van der Waals surface area contributed by atoms with Crippen LogP contribution in [0, 0.1) is 10.1 Å². The Morgan fingerprint density at radius 3 is 2.38 bits per heavy atom. The molecule has 0 aliphatic rings. The molecular formula is C13H16N2O5S. The number of aliphatic carboxylic acids is 1. The Kier molecular flexibility index (Phi) is 6.16. The van der Waals surface area contributed by atoms with Crippen LogP contribution < -0.4 is 0 Å². The number of carboxylic acids is 1. The van der Waals surface area contributed by atoms with Gasteiger partial charge in [0.2, 0.25) is 5.91 Å². The van der Waals surface area contributed by atoms with Crippen LogP contribution in [-0.4, -0.2) is 45.6 Å². The van der Waals surface area contributed by atoms with Gasteiger partial charge in [-0.25, -0.2) is 4.79 Å². The molecule has 1 rings (SSSR count). The maximum Gasteiger partial charge on any atom is 0.326 e. The first-order chi connectivity index (χ1) is 9.86. The number of non-ortho nitro benzene ring substituents is 1. The molecule has 8 heteroatoms. The Labute approximate surface area is 126 Å². The lowest BCUT2D eigenvalue weighted by Gasteiger charge is -2.23. The van der Waals surface area contributed by atoms with Crippen molar-refractivity contribution in [3.63, 3.8) is 0 Å². The minimum Gasteiger partial charge on any atom is -0.480 e. The molecule has 0 aliphatic heterocycles. The second-order valence-electron chi connectivity index (χ2n) is 4.31. The fourth-order valence-electron chi connectivity index (χ4n) is 1.70. The van der Waals surface area contributed by atoms with Crippen LogP contribution in [0.15, 0.2) is 29.2 Å². The van der Waals surface area contributed by atoms with Gasteiger partial charge in [0.25, 0.3) is 5.69 Å². The van der Waals surface area contributed by atoms with Crippen LogP contribution in [0.4, 0.5) is 5.69 Å². The first-order valence-electron chi connectivity index (χ1n) is 6.22. The van der Waals surface area contributed by atoms with Crippen LogP contribution >= 0.6 is 11.8 Å². The van der Waals surface area contributed by atoms with Gasteiger partial charge in [-0.3, -0.25) is 14.9 Å². The second-order valence-corrected chi connectivity index (χ2v) is 5.36. The van der Waals surface area contributed by atoms with Gasteiger partial charge in [-0.15, -0.1) is 11.8 Å². The van der Waals surface area contributed by atoms with E-state index in [1.165, 1.54) is 35.8 Å². The van der Waals surface area contributed by atoms with Gasteiger partial charge in [-0.2, -0.15) is 0 Å². The smallest absolute Gasteiger partial charge is 0.326 e. The topological polar surface area (TPSA) is 101 Å². The maximum atomic E-state index is 11.9. The van der Waals surface area contributed by atoms with E-state index in [1.807, 2.05) is 0 Å². The number of amides is 1. The summed E-state index contributed by atoms with van der Waals surface area (Å²) in [7, 11) is 1.46. The number of carbonyl (C=O) groups excluding carboxylic acids is 1. The van der Waals surface area contributed by atoms with E-state index in [0.29, 0.717) is 11.3 Å². The lowest BCUT2D eigenvalue weighted by molar-refractivity contribution is -0.384. The molecule has 0 aromatic heterocycles. The van der Waals surface area contributed by atoms with E-state index in [-0.39, 0.29) is 17.3 Å².